The van der Waals surface area contributed by atoms with Gasteiger partial charge in [-0.25, -0.2) is 0 Å². The van der Waals surface area contributed by atoms with Gasteiger partial charge in [-0.05, 0) is 31.5 Å². The number of benzene rings is 1. The molecular formula is C14H18O4. The van der Waals surface area contributed by atoms with E-state index in [0.29, 0.717) is 17.1 Å². The summed E-state index contributed by atoms with van der Waals surface area (Å²) >= 11 is 0. The maximum Gasteiger partial charge on any atom is 0.167 e. The minimum atomic E-state index is -0.111. The number of aryl methyl sites for hydroxylation is 1. The van der Waals surface area contributed by atoms with E-state index in [1.807, 2.05) is 6.92 Å². The predicted octanol–water partition coefficient (Wildman–Crippen LogP) is 2.56. The van der Waals surface area contributed by atoms with Crippen LogP contribution in [0.15, 0.2) is 12.1 Å². The molecule has 1 aromatic rings. The summed E-state index contributed by atoms with van der Waals surface area (Å²) in [5, 5.41) is 0. The topological polar surface area (TPSA) is 52.6 Å². The highest BCUT2D eigenvalue weighted by Gasteiger charge is 2.15. The zero-order chi connectivity index (χ0) is 13.7. The molecule has 0 aliphatic heterocycles. The third-order valence-electron chi connectivity index (χ3n) is 2.72. The molecule has 1 rings (SSSR count). The Hall–Kier alpha value is -1.84. The zero-order valence-electron chi connectivity index (χ0n) is 11.2. The van der Waals surface area contributed by atoms with Crippen LogP contribution in [-0.4, -0.2) is 25.8 Å². The normalized spacial score (nSPS) is 10.0. The summed E-state index contributed by atoms with van der Waals surface area (Å²) in [7, 11) is 3.07. The molecule has 0 unspecified atom stereocenters. The first kappa shape index (κ1) is 14.2. The van der Waals surface area contributed by atoms with Crippen molar-refractivity contribution in [1.29, 1.82) is 0 Å². The molecular weight excluding hydrogens is 232 g/mol. The van der Waals surface area contributed by atoms with Crippen LogP contribution in [0.3, 0.4) is 0 Å². The van der Waals surface area contributed by atoms with Crippen LogP contribution < -0.4 is 9.47 Å². The van der Waals surface area contributed by atoms with Gasteiger partial charge in [-0.1, -0.05) is 0 Å². The summed E-state index contributed by atoms with van der Waals surface area (Å²) in [6, 6.07) is 3.43. The number of rotatable bonds is 6. The number of methoxy groups -OCH3 is 2. The lowest BCUT2D eigenvalue weighted by molar-refractivity contribution is -0.116. The van der Waals surface area contributed by atoms with Gasteiger partial charge in [0.1, 0.15) is 17.3 Å². The SMILES string of the molecule is COc1cc(C(=O)CCC(C)=O)c(OC)cc1C. The Balaban J connectivity index is 3.05. The summed E-state index contributed by atoms with van der Waals surface area (Å²) < 4.78 is 10.4. The average molecular weight is 250 g/mol. The number of carbonyl (C=O) groups is 2. The standard InChI is InChI=1S/C14H18O4/c1-9-7-14(18-4)11(8-13(9)17-3)12(16)6-5-10(2)15/h7-8H,5-6H2,1-4H3. The molecule has 0 heterocycles. The summed E-state index contributed by atoms with van der Waals surface area (Å²) in [6.07, 6.45) is 0.441. The molecule has 0 amide bonds. The minimum Gasteiger partial charge on any atom is -0.496 e. The van der Waals surface area contributed by atoms with Gasteiger partial charge in [0, 0.05) is 12.8 Å². The second-order valence-electron chi connectivity index (χ2n) is 4.15. The van der Waals surface area contributed by atoms with Crippen molar-refractivity contribution < 1.29 is 19.1 Å². The van der Waals surface area contributed by atoms with Gasteiger partial charge in [-0.3, -0.25) is 4.79 Å². The van der Waals surface area contributed by atoms with Crippen LogP contribution in [0.1, 0.15) is 35.7 Å². The number of carbonyl (C=O) groups excluding carboxylic acids is 2. The van der Waals surface area contributed by atoms with Crippen LogP contribution in [0.4, 0.5) is 0 Å². The number of Topliss-reactive ketones (excluding diaryl/α,β-unsaturated/α-hetero) is 2. The molecule has 0 spiro atoms. The summed E-state index contributed by atoms with van der Waals surface area (Å²) in [6.45, 7) is 3.35. The van der Waals surface area contributed by atoms with Crippen LogP contribution in [0.5, 0.6) is 11.5 Å². The van der Waals surface area contributed by atoms with E-state index in [-0.39, 0.29) is 24.4 Å². The average Bonchev–Trinajstić information content (AvgIpc) is 2.35. The Morgan fingerprint density at radius 2 is 1.67 bits per heavy atom. The predicted molar refractivity (Wildman–Crippen MR) is 68.5 cm³/mol. The van der Waals surface area contributed by atoms with Crippen molar-refractivity contribution in [3.8, 4) is 11.5 Å². The summed E-state index contributed by atoms with van der Waals surface area (Å²) in [5.74, 6) is 1.05. The van der Waals surface area contributed by atoms with E-state index in [1.54, 1.807) is 19.2 Å². The third-order valence-corrected chi connectivity index (χ3v) is 2.72. The third kappa shape index (κ3) is 3.32. The van der Waals surface area contributed by atoms with E-state index in [1.165, 1.54) is 14.0 Å². The molecule has 0 fully saturated rings. The van der Waals surface area contributed by atoms with Gasteiger partial charge >= 0.3 is 0 Å². The molecule has 4 nitrogen and oxygen atoms in total. The highest BCUT2D eigenvalue weighted by Crippen LogP contribution is 2.29. The molecule has 0 atom stereocenters. The first-order valence-corrected chi connectivity index (χ1v) is 5.74. The van der Waals surface area contributed by atoms with Crippen LogP contribution in [0, 0.1) is 6.92 Å². The molecule has 18 heavy (non-hydrogen) atoms. The quantitative estimate of drug-likeness (QED) is 0.728. The van der Waals surface area contributed by atoms with Crippen molar-refractivity contribution in [3.05, 3.63) is 23.3 Å². The van der Waals surface area contributed by atoms with Gasteiger partial charge < -0.3 is 14.3 Å². The lowest BCUT2D eigenvalue weighted by Crippen LogP contribution is -2.05. The zero-order valence-corrected chi connectivity index (χ0v) is 11.2. The molecule has 0 saturated heterocycles. The number of hydrogen-bond acceptors (Lipinski definition) is 4. The van der Waals surface area contributed by atoms with Gasteiger partial charge in [-0.15, -0.1) is 0 Å². The Bertz CT molecular complexity index is 463. The van der Waals surface area contributed by atoms with Gasteiger partial charge in [0.05, 0.1) is 19.8 Å². The van der Waals surface area contributed by atoms with Crippen molar-refractivity contribution in [2.45, 2.75) is 26.7 Å². The molecule has 4 heteroatoms. The fourth-order valence-electron chi connectivity index (χ4n) is 1.69. The van der Waals surface area contributed by atoms with E-state index in [2.05, 4.69) is 0 Å². The van der Waals surface area contributed by atoms with Crippen molar-refractivity contribution in [2.24, 2.45) is 0 Å². The smallest absolute Gasteiger partial charge is 0.167 e. The first-order valence-electron chi connectivity index (χ1n) is 5.74. The number of hydrogen-bond donors (Lipinski definition) is 0. The summed E-state index contributed by atoms with van der Waals surface area (Å²) in [4.78, 5) is 22.9. The monoisotopic (exact) mass is 250 g/mol. The van der Waals surface area contributed by atoms with E-state index >= 15 is 0 Å². The molecule has 0 bridgehead atoms. The van der Waals surface area contributed by atoms with Crippen LogP contribution >= 0.6 is 0 Å². The summed E-state index contributed by atoms with van der Waals surface area (Å²) in [5.41, 5.74) is 1.36. The van der Waals surface area contributed by atoms with E-state index in [4.69, 9.17) is 9.47 Å². The Labute approximate surface area is 107 Å². The van der Waals surface area contributed by atoms with Gasteiger partial charge in [-0.2, -0.15) is 0 Å². The largest absolute Gasteiger partial charge is 0.496 e. The Morgan fingerprint density at radius 3 is 2.17 bits per heavy atom. The van der Waals surface area contributed by atoms with Crippen LogP contribution in [0.2, 0.25) is 0 Å². The van der Waals surface area contributed by atoms with Crippen molar-refractivity contribution in [3.63, 3.8) is 0 Å². The second-order valence-corrected chi connectivity index (χ2v) is 4.15. The maximum atomic E-state index is 12.0. The van der Waals surface area contributed by atoms with E-state index in [9.17, 15) is 9.59 Å². The molecule has 0 radical (unpaired) electrons. The highest BCUT2D eigenvalue weighted by molar-refractivity contribution is 6.00. The van der Waals surface area contributed by atoms with Crippen molar-refractivity contribution >= 4 is 11.6 Å². The molecule has 0 aliphatic rings. The van der Waals surface area contributed by atoms with E-state index < -0.39 is 0 Å². The minimum absolute atomic E-state index is 0.00129. The lowest BCUT2D eigenvalue weighted by Gasteiger charge is -2.12. The van der Waals surface area contributed by atoms with Crippen LogP contribution in [-0.2, 0) is 4.79 Å². The fourth-order valence-corrected chi connectivity index (χ4v) is 1.69. The maximum absolute atomic E-state index is 12.0. The molecule has 0 aromatic heterocycles. The lowest BCUT2D eigenvalue weighted by atomic mass is 10.0. The first-order chi connectivity index (χ1) is 8.49. The highest BCUT2D eigenvalue weighted by atomic mass is 16.5. The van der Waals surface area contributed by atoms with Gasteiger partial charge in [0.25, 0.3) is 0 Å². The Morgan fingerprint density at radius 1 is 1.06 bits per heavy atom. The second kappa shape index (κ2) is 6.19. The van der Waals surface area contributed by atoms with Crippen LogP contribution in [0.25, 0.3) is 0 Å². The number of ether oxygens (including phenoxy) is 2. The number of ketones is 2. The van der Waals surface area contributed by atoms with E-state index in [0.717, 1.165) is 5.56 Å². The molecule has 1 aromatic carbocycles. The molecule has 0 N–H and O–H groups in total. The van der Waals surface area contributed by atoms with Crippen molar-refractivity contribution in [2.75, 3.05) is 14.2 Å². The Kier molecular flexibility index (Phi) is 4.89. The fraction of sp³-hybridized carbons (Fsp3) is 0.429. The molecule has 0 aliphatic carbocycles. The molecule has 0 saturated carbocycles. The van der Waals surface area contributed by atoms with Gasteiger partial charge in [0.2, 0.25) is 0 Å². The van der Waals surface area contributed by atoms with Crippen molar-refractivity contribution in [1.82, 2.24) is 0 Å². The van der Waals surface area contributed by atoms with Gasteiger partial charge in [0.15, 0.2) is 5.78 Å². The molecule has 98 valence electrons.